The van der Waals surface area contributed by atoms with E-state index in [1.807, 2.05) is 0 Å². The van der Waals surface area contributed by atoms with Crippen molar-refractivity contribution >= 4 is 13.3 Å². The molecule has 0 radical (unpaired) electrons. The maximum absolute atomic E-state index is 3.71. The van der Waals surface area contributed by atoms with E-state index in [1.54, 1.807) is 0 Å². The first-order valence-corrected chi connectivity index (χ1v) is 12.6. The van der Waals surface area contributed by atoms with Gasteiger partial charge in [0.1, 0.15) is 0 Å². The summed E-state index contributed by atoms with van der Waals surface area (Å²) in [5, 5.41) is 1.46. The number of hydrogen-bond donors (Lipinski definition) is 0. The monoisotopic (exact) mass is 338 g/mol. The van der Waals surface area contributed by atoms with Crippen LogP contribution in [-0.2, 0) is 0 Å². The molecule has 130 valence electrons. The lowest BCUT2D eigenvalue weighted by Gasteiger charge is -2.18. The number of rotatable bonds is 5. The summed E-state index contributed by atoms with van der Waals surface area (Å²) >= 11 is 0. The number of benzene rings is 1. The second kappa shape index (κ2) is 8.72. The molecule has 1 aliphatic carbocycles. The van der Waals surface area contributed by atoms with E-state index in [2.05, 4.69) is 81.7 Å². The lowest BCUT2D eigenvalue weighted by Crippen LogP contribution is -2.40. The molecule has 3 atom stereocenters. The minimum Gasteiger partial charge on any atom is -0.126 e. The van der Waals surface area contributed by atoms with Gasteiger partial charge in [-0.15, -0.1) is 11.5 Å². The number of allylic oxidation sites excluding steroid dienone is 2. The van der Waals surface area contributed by atoms with Crippen LogP contribution in [0.3, 0.4) is 0 Å². The Labute approximate surface area is 150 Å². The van der Waals surface area contributed by atoms with Gasteiger partial charge in [-0.3, -0.25) is 0 Å². The van der Waals surface area contributed by atoms with Gasteiger partial charge in [-0.2, -0.15) is 0 Å². The van der Waals surface area contributed by atoms with Crippen molar-refractivity contribution in [2.75, 3.05) is 0 Å². The molecule has 0 aliphatic heterocycles. The predicted octanol–water partition coefficient (Wildman–Crippen LogP) is 5.94. The summed E-state index contributed by atoms with van der Waals surface area (Å²) in [5.74, 6) is 6.04. The zero-order valence-corrected chi connectivity index (χ0v) is 17.2. The molecule has 0 nitrogen and oxygen atoms in total. The first-order valence-electron chi connectivity index (χ1n) is 9.60. The van der Waals surface area contributed by atoms with E-state index in [9.17, 15) is 0 Å². The first-order chi connectivity index (χ1) is 11.4. The second-order valence-electron chi connectivity index (χ2n) is 8.37. The fourth-order valence-corrected chi connectivity index (χ4v) is 5.48. The Hall–Kier alpha value is -1.26. The molecule has 0 N–H and O–H groups in total. The zero-order chi connectivity index (χ0) is 17.6. The minimum absolute atomic E-state index is 0.636. The first kappa shape index (κ1) is 19.1. The molecule has 1 aromatic carbocycles. The summed E-state index contributed by atoms with van der Waals surface area (Å²) in [7, 11) is -1.60. The fourth-order valence-electron chi connectivity index (χ4n) is 3.74. The molecule has 1 aromatic rings. The van der Waals surface area contributed by atoms with Crippen LogP contribution in [0.1, 0.15) is 52.9 Å². The number of hydrogen-bond acceptors (Lipinski definition) is 0. The summed E-state index contributed by atoms with van der Waals surface area (Å²) in [6.45, 7) is 11.6. The van der Waals surface area contributed by atoms with Crippen molar-refractivity contribution in [3.8, 4) is 11.5 Å². The Morgan fingerprint density at radius 3 is 2.58 bits per heavy atom. The van der Waals surface area contributed by atoms with Crippen molar-refractivity contribution < 1.29 is 0 Å². The molecule has 0 saturated heterocycles. The van der Waals surface area contributed by atoms with Gasteiger partial charge in [0.25, 0.3) is 0 Å². The molecule has 24 heavy (non-hydrogen) atoms. The zero-order valence-electron chi connectivity index (χ0n) is 16.2. The van der Waals surface area contributed by atoms with Gasteiger partial charge in [-0.25, -0.2) is 0 Å². The molecule has 0 bridgehead atoms. The summed E-state index contributed by atoms with van der Waals surface area (Å²) in [5.41, 5.74) is 5.16. The van der Waals surface area contributed by atoms with Gasteiger partial charge < -0.3 is 0 Å². The predicted molar refractivity (Wildman–Crippen MR) is 110 cm³/mol. The molecule has 0 amide bonds. The Bertz CT molecular complexity index is 596. The van der Waals surface area contributed by atoms with Gasteiger partial charge in [0.2, 0.25) is 0 Å². The van der Waals surface area contributed by atoms with Crippen molar-refractivity contribution in [2.45, 2.75) is 66.0 Å². The average molecular weight is 339 g/mol. The van der Waals surface area contributed by atoms with Crippen molar-refractivity contribution in [1.29, 1.82) is 0 Å². The highest BCUT2D eigenvalue weighted by molar-refractivity contribution is 6.96. The van der Waals surface area contributed by atoms with Gasteiger partial charge in [-0.1, -0.05) is 62.0 Å². The molecule has 0 aromatic heterocycles. The van der Waals surface area contributed by atoms with Crippen LogP contribution in [-0.4, -0.2) is 8.07 Å². The summed E-state index contributed by atoms with van der Waals surface area (Å²) in [4.78, 5) is 0. The van der Waals surface area contributed by atoms with Crippen molar-refractivity contribution in [3.05, 3.63) is 42.0 Å². The molecule has 1 aliphatic rings. The normalized spacial score (nSPS) is 21.7. The fraction of sp³-hybridized carbons (Fsp3) is 0.565. The average Bonchev–Trinajstić information content (AvgIpc) is 3.03. The molecule has 1 fully saturated rings. The molecule has 0 spiro atoms. The van der Waals surface area contributed by atoms with Gasteiger partial charge in [0, 0.05) is 5.92 Å². The topological polar surface area (TPSA) is 0 Å². The molecule has 0 heterocycles. The van der Waals surface area contributed by atoms with Gasteiger partial charge in [-0.05, 0) is 63.0 Å². The van der Waals surface area contributed by atoms with Crippen LogP contribution in [0.15, 0.2) is 42.0 Å². The third kappa shape index (κ3) is 5.67. The van der Waals surface area contributed by atoms with Crippen molar-refractivity contribution in [2.24, 2.45) is 17.8 Å². The third-order valence-electron chi connectivity index (χ3n) is 5.54. The maximum atomic E-state index is 3.71. The Morgan fingerprint density at radius 1 is 1.21 bits per heavy atom. The molecule has 1 heteroatoms. The van der Waals surface area contributed by atoms with E-state index < -0.39 is 8.07 Å². The third-order valence-corrected chi connectivity index (χ3v) is 8.08. The Morgan fingerprint density at radius 2 is 1.92 bits per heavy atom. The van der Waals surface area contributed by atoms with E-state index in [1.165, 1.54) is 42.9 Å². The molecule has 2 rings (SSSR count). The van der Waals surface area contributed by atoms with E-state index in [0.29, 0.717) is 5.92 Å². The molecule has 1 saturated carbocycles. The maximum Gasteiger partial charge on any atom is 0.162 e. The van der Waals surface area contributed by atoms with Crippen LogP contribution in [0.5, 0.6) is 0 Å². The van der Waals surface area contributed by atoms with Crippen molar-refractivity contribution in [1.82, 2.24) is 0 Å². The lowest BCUT2D eigenvalue weighted by molar-refractivity contribution is 0.343. The molecule has 3 unspecified atom stereocenters. The van der Waals surface area contributed by atoms with E-state index in [4.69, 9.17) is 0 Å². The van der Waals surface area contributed by atoms with E-state index in [-0.39, 0.29) is 0 Å². The molecular formula is C23H34Si. The van der Waals surface area contributed by atoms with Crippen molar-refractivity contribution in [3.63, 3.8) is 0 Å². The van der Waals surface area contributed by atoms with Crippen LogP contribution in [0.25, 0.3) is 0 Å². The van der Waals surface area contributed by atoms with Crippen LogP contribution >= 0.6 is 0 Å². The SMILES string of the molecule is CC(C)=CCCC(C)C1CCC(C#C[Si](C)(C)c2ccccc2)C1. The Kier molecular flexibility index (Phi) is 6.93. The van der Waals surface area contributed by atoms with Crippen LogP contribution in [0.2, 0.25) is 13.1 Å². The Balaban J connectivity index is 1.89. The van der Waals surface area contributed by atoms with Gasteiger partial charge >= 0.3 is 0 Å². The highest BCUT2D eigenvalue weighted by Crippen LogP contribution is 2.37. The second-order valence-corrected chi connectivity index (χ2v) is 12.4. The highest BCUT2D eigenvalue weighted by atomic mass is 28.3. The van der Waals surface area contributed by atoms with Crippen LogP contribution < -0.4 is 5.19 Å². The van der Waals surface area contributed by atoms with Crippen LogP contribution in [0, 0.1) is 29.2 Å². The van der Waals surface area contributed by atoms with E-state index in [0.717, 1.165) is 11.8 Å². The van der Waals surface area contributed by atoms with Crippen LogP contribution in [0.4, 0.5) is 0 Å². The standard InChI is InChI=1S/C23H34Si/c1-19(2)10-9-11-20(3)22-15-14-21(18-22)16-17-24(4,5)23-12-7-6-8-13-23/h6-8,10,12-13,20-22H,9,11,14-15,18H2,1-5H3. The smallest absolute Gasteiger partial charge is 0.126 e. The van der Waals surface area contributed by atoms with E-state index >= 15 is 0 Å². The largest absolute Gasteiger partial charge is 0.162 e. The molecular weight excluding hydrogens is 304 g/mol. The quantitative estimate of drug-likeness (QED) is 0.354. The summed E-state index contributed by atoms with van der Waals surface area (Å²) in [6, 6.07) is 10.9. The highest BCUT2D eigenvalue weighted by Gasteiger charge is 2.28. The minimum atomic E-state index is -1.60. The van der Waals surface area contributed by atoms with Gasteiger partial charge in [0.05, 0.1) is 0 Å². The lowest BCUT2D eigenvalue weighted by atomic mass is 9.88. The summed E-state index contributed by atoms with van der Waals surface area (Å²) < 4.78 is 0. The van der Waals surface area contributed by atoms with Gasteiger partial charge in [0.15, 0.2) is 8.07 Å². The summed E-state index contributed by atoms with van der Waals surface area (Å²) in [6.07, 6.45) is 8.97.